The van der Waals surface area contributed by atoms with Crippen LogP contribution in [-0.2, 0) is 9.53 Å². The summed E-state index contributed by atoms with van der Waals surface area (Å²) in [7, 11) is 1.41. The summed E-state index contributed by atoms with van der Waals surface area (Å²) >= 11 is 0. The number of hydrogen-bond donors (Lipinski definition) is 3. The number of aromatic amines is 1. The van der Waals surface area contributed by atoms with Crippen LogP contribution in [0.5, 0.6) is 17.2 Å². The second-order valence-corrected chi connectivity index (χ2v) is 9.62. The average Bonchev–Trinajstić information content (AvgIpc) is 3.56. The van der Waals surface area contributed by atoms with E-state index in [2.05, 4.69) is 15.5 Å². The molecule has 3 N–H and O–H groups in total. The van der Waals surface area contributed by atoms with Gasteiger partial charge in [-0.15, -0.1) is 0 Å². The number of aromatic nitrogens is 2. The maximum atomic E-state index is 12.6. The van der Waals surface area contributed by atoms with E-state index < -0.39 is 12.5 Å². The summed E-state index contributed by atoms with van der Waals surface area (Å²) in [5, 5.41) is 19.7. The normalized spacial score (nSPS) is 24.5. The van der Waals surface area contributed by atoms with E-state index >= 15 is 0 Å². The largest absolute Gasteiger partial charge is 0.507 e. The van der Waals surface area contributed by atoms with Gasteiger partial charge >= 0.3 is 6.09 Å². The molecule has 5 rings (SSSR count). The van der Waals surface area contributed by atoms with Crippen LogP contribution in [0.2, 0.25) is 0 Å². The van der Waals surface area contributed by atoms with Crippen LogP contribution >= 0.6 is 0 Å². The van der Waals surface area contributed by atoms with Gasteiger partial charge in [0, 0.05) is 42.4 Å². The standard InChI is InChI=1S/C25H30N4O7/c1-34-17-9-21(31)18(12-30)22(10-17)35-13-24(32)26-23-11-19(27-28-23)15-2-4-16(8-15)36-25(33)29-7-6-14-3-5-20(14)29/h9-12,14-16,20,31H,2-8,13H2,1H3,(H2,26,27,28,32)/t14-,15-,16+,20-/m0/s1. The number of rotatable bonds is 8. The quantitative estimate of drug-likeness (QED) is 0.471. The lowest BCUT2D eigenvalue weighted by molar-refractivity contribution is -0.118. The highest BCUT2D eigenvalue weighted by atomic mass is 16.6. The molecule has 1 aliphatic heterocycles. The Morgan fingerprint density at radius 2 is 2.08 bits per heavy atom. The minimum Gasteiger partial charge on any atom is -0.507 e. The molecule has 2 saturated carbocycles. The maximum Gasteiger partial charge on any atom is 0.410 e. The lowest BCUT2D eigenvalue weighted by Crippen LogP contribution is -2.43. The molecule has 0 spiro atoms. The minimum absolute atomic E-state index is 0.0352. The first-order chi connectivity index (χ1) is 17.4. The van der Waals surface area contributed by atoms with E-state index in [9.17, 15) is 19.5 Å². The molecule has 1 aromatic heterocycles. The fourth-order valence-corrected chi connectivity index (χ4v) is 5.41. The number of aromatic hydroxyl groups is 1. The van der Waals surface area contributed by atoms with Crippen molar-refractivity contribution in [2.24, 2.45) is 5.92 Å². The first-order valence-electron chi connectivity index (χ1n) is 12.3. The molecule has 0 radical (unpaired) electrons. The van der Waals surface area contributed by atoms with Gasteiger partial charge in [0.25, 0.3) is 5.91 Å². The van der Waals surface area contributed by atoms with E-state index in [0.29, 0.717) is 36.2 Å². The Balaban J connectivity index is 1.11. The second kappa shape index (κ2) is 10.1. The van der Waals surface area contributed by atoms with Crippen molar-refractivity contribution < 1.29 is 33.7 Å². The molecule has 0 unspecified atom stereocenters. The number of carbonyl (C=O) groups excluding carboxylic acids is 3. The Kier molecular flexibility index (Phi) is 6.71. The van der Waals surface area contributed by atoms with Gasteiger partial charge in [0.05, 0.1) is 12.7 Å². The van der Waals surface area contributed by atoms with E-state index in [1.165, 1.54) is 25.7 Å². The number of hydrogen-bond acceptors (Lipinski definition) is 8. The molecule has 2 amide bonds. The molecule has 11 nitrogen and oxygen atoms in total. The molecule has 36 heavy (non-hydrogen) atoms. The minimum atomic E-state index is -0.481. The molecule has 192 valence electrons. The van der Waals surface area contributed by atoms with Crippen molar-refractivity contribution >= 4 is 24.1 Å². The fourth-order valence-electron chi connectivity index (χ4n) is 5.41. The number of anilines is 1. The number of aldehydes is 1. The zero-order chi connectivity index (χ0) is 25.2. The molecular formula is C25H30N4O7. The number of nitrogens with one attached hydrogen (secondary N) is 2. The molecule has 1 aromatic carbocycles. The number of H-pyrrole nitrogens is 1. The van der Waals surface area contributed by atoms with E-state index in [-0.39, 0.29) is 35.2 Å². The third kappa shape index (κ3) is 4.82. The summed E-state index contributed by atoms with van der Waals surface area (Å²) in [4.78, 5) is 38.1. The second-order valence-electron chi connectivity index (χ2n) is 9.62. The van der Waals surface area contributed by atoms with Gasteiger partial charge in [0.1, 0.15) is 23.4 Å². The summed E-state index contributed by atoms with van der Waals surface area (Å²) in [6, 6.07) is 4.84. The summed E-state index contributed by atoms with van der Waals surface area (Å²) < 4.78 is 16.3. The number of carbonyl (C=O) groups is 3. The van der Waals surface area contributed by atoms with E-state index in [4.69, 9.17) is 14.2 Å². The molecule has 0 bridgehead atoms. The number of ether oxygens (including phenoxy) is 3. The Morgan fingerprint density at radius 1 is 1.22 bits per heavy atom. The number of nitrogens with zero attached hydrogens (tertiary/aromatic N) is 2. The zero-order valence-electron chi connectivity index (χ0n) is 20.1. The van der Waals surface area contributed by atoms with Crippen LogP contribution in [0.1, 0.15) is 60.5 Å². The molecule has 2 heterocycles. The van der Waals surface area contributed by atoms with Crippen LogP contribution in [0.15, 0.2) is 18.2 Å². The number of phenols is 1. The molecule has 11 heteroatoms. The van der Waals surface area contributed by atoms with Crippen LogP contribution in [-0.4, -0.2) is 70.9 Å². The third-order valence-electron chi connectivity index (χ3n) is 7.52. The first-order valence-corrected chi connectivity index (χ1v) is 12.3. The van der Waals surface area contributed by atoms with Crippen molar-refractivity contribution in [3.8, 4) is 17.2 Å². The van der Waals surface area contributed by atoms with Crippen molar-refractivity contribution in [2.45, 2.75) is 56.6 Å². The van der Waals surface area contributed by atoms with Gasteiger partial charge < -0.3 is 29.5 Å². The smallest absolute Gasteiger partial charge is 0.410 e. The van der Waals surface area contributed by atoms with Gasteiger partial charge in [0.15, 0.2) is 18.7 Å². The molecule has 2 aliphatic carbocycles. The van der Waals surface area contributed by atoms with Gasteiger partial charge in [-0.05, 0) is 44.4 Å². The van der Waals surface area contributed by atoms with Crippen molar-refractivity contribution in [3.63, 3.8) is 0 Å². The summed E-state index contributed by atoms with van der Waals surface area (Å²) in [6.45, 7) is 0.405. The topological polar surface area (TPSA) is 143 Å². The lowest BCUT2D eigenvalue weighted by Gasteiger charge is -2.35. The van der Waals surface area contributed by atoms with Crippen LogP contribution in [0.3, 0.4) is 0 Å². The van der Waals surface area contributed by atoms with Crippen LogP contribution in [0.4, 0.5) is 10.6 Å². The Bertz CT molecular complexity index is 1150. The lowest BCUT2D eigenvalue weighted by atomic mass is 9.80. The Hall–Kier alpha value is -3.76. The molecular weight excluding hydrogens is 468 g/mol. The van der Waals surface area contributed by atoms with E-state index in [1.54, 1.807) is 6.07 Å². The zero-order valence-corrected chi connectivity index (χ0v) is 20.1. The number of amides is 2. The summed E-state index contributed by atoms with van der Waals surface area (Å²) in [6.07, 6.45) is 5.88. The Labute approximate surface area is 208 Å². The van der Waals surface area contributed by atoms with Gasteiger partial charge in [-0.1, -0.05) is 0 Å². The highest BCUT2D eigenvalue weighted by Crippen LogP contribution is 2.41. The van der Waals surface area contributed by atoms with Crippen molar-refractivity contribution in [1.82, 2.24) is 15.1 Å². The monoisotopic (exact) mass is 498 g/mol. The molecule has 1 saturated heterocycles. The van der Waals surface area contributed by atoms with Gasteiger partial charge in [0.2, 0.25) is 0 Å². The molecule has 3 aliphatic rings. The predicted octanol–water partition coefficient (Wildman–Crippen LogP) is 3.21. The maximum absolute atomic E-state index is 12.6. The first kappa shape index (κ1) is 24.0. The van der Waals surface area contributed by atoms with Gasteiger partial charge in [-0.25, -0.2) is 4.79 Å². The average molecular weight is 499 g/mol. The molecule has 4 atom stereocenters. The third-order valence-corrected chi connectivity index (χ3v) is 7.52. The molecule has 3 fully saturated rings. The number of phenolic OH excluding ortho intramolecular Hbond substituents is 1. The van der Waals surface area contributed by atoms with E-state index in [0.717, 1.165) is 37.9 Å². The highest BCUT2D eigenvalue weighted by molar-refractivity contribution is 5.91. The number of fused-ring (bicyclic) bond motifs is 1. The van der Waals surface area contributed by atoms with Crippen molar-refractivity contribution in [3.05, 3.63) is 29.5 Å². The van der Waals surface area contributed by atoms with Crippen molar-refractivity contribution in [2.75, 3.05) is 25.6 Å². The number of benzene rings is 1. The van der Waals surface area contributed by atoms with E-state index in [1.807, 2.05) is 4.90 Å². The summed E-state index contributed by atoms with van der Waals surface area (Å²) in [5.41, 5.74) is 0.797. The SMILES string of the molecule is COc1cc(O)c(C=O)c(OCC(=O)Nc2cc([C@H]3CC[C@@H](OC(=O)N4CC[C@@H]5CC[C@@H]54)C3)[nH]n2)c1. The molecule has 2 aromatic rings. The number of likely N-dealkylation sites (tertiary alicyclic amines) is 1. The van der Waals surface area contributed by atoms with Crippen molar-refractivity contribution in [1.29, 1.82) is 0 Å². The predicted molar refractivity (Wildman–Crippen MR) is 127 cm³/mol. The van der Waals surface area contributed by atoms with Gasteiger partial charge in [-0.2, -0.15) is 5.10 Å². The number of methoxy groups -OCH3 is 1. The highest BCUT2D eigenvalue weighted by Gasteiger charge is 2.44. The fraction of sp³-hybridized carbons (Fsp3) is 0.520. The Morgan fingerprint density at radius 3 is 2.81 bits per heavy atom. The van der Waals surface area contributed by atoms with Crippen LogP contribution in [0.25, 0.3) is 0 Å². The summed E-state index contributed by atoms with van der Waals surface area (Å²) in [5.74, 6) is 0.702. The van der Waals surface area contributed by atoms with Gasteiger partial charge in [-0.3, -0.25) is 14.7 Å². The van der Waals surface area contributed by atoms with Crippen LogP contribution in [0, 0.1) is 5.92 Å². The van der Waals surface area contributed by atoms with Crippen LogP contribution < -0.4 is 14.8 Å².